The number of Topliss-reactive ketones (excluding diaryl/α,β-unsaturated/α-hetero) is 1. The van der Waals surface area contributed by atoms with Crippen molar-refractivity contribution in [3.8, 4) is 11.1 Å². The number of aromatic nitrogens is 1. The van der Waals surface area contributed by atoms with Crippen molar-refractivity contribution in [3.05, 3.63) is 101 Å². The van der Waals surface area contributed by atoms with E-state index in [1.54, 1.807) is 6.92 Å². The van der Waals surface area contributed by atoms with Gasteiger partial charge in [-0.05, 0) is 61.6 Å². The SMILES string of the molecule is CC(=O)c1c(C)nc2ccccc2c1-c1ccccc1CCc1ccc(C(F)(F)F)cc1. The summed E-state index contributed by atoms with van der Waals surface area (Å²) in [6.07, 6.45) is -3.12. The third-order valence-corrected chi connectivity index (χ3v) is 5.68. The highest BCUT2D eigenvalue weighted by Gasteiger charge is 2.29. The molecule has 0 unspecified atom stereocenters. The summed E-state index contributed by atoms with van der Waals surface area (Å²) in [5.74, 6) is -0.0479. The molecule has 0 aliphatic heterocycles. The van der Waals surface area contributed by atoms with Gasteiger partial charge in [-0.25, -0.2) is 0 Å². The summed E-state index contributed by atoms with van der Waals surface area (Å²) < 4.78 is 38.5. The highest BCUT2D eigenvalue weighted by atomic mass is 19.4. The van der Waals surface area contributed by atoms with Gasteiger partial charge in [-0.15, -0.1) is 0 Å². The molecule has 0 bridgehead atoms. The van der Waals surface area contributed by atoms with Crippen LogP contribution in [0.5, 0.6) is 0 Å². The Bertz CT molecular complexity index is 1290. The Balaban J connectivity index is 1.76. The van der Waals surface area contributed by atoms with E-state index < -0.39 is 11.7 Å². The van der Waals surface area contributed by atoms with Crippen LogP contribution >= 0.6 is 0 Å². The molecule has 0 aliphatic carbocycles. The van der Waals surface area contributed by atoms with E-state index in [4.69, 9.17) is 0 Å². The number of nitrogens with zero attached hydrogens (tertiary/aromatic N) is 1. The molecule has 0 spiro atoms. The Morgan fingerprint density at radius 2 is 1.53 bits per heavy atom. The molecule has 0 fully saturated rings. The molecule has 0 saturated heterocycles. The van der Waals surface area contributed by atoms with E-state index in [0.717, 1.165) is 45.3 Å². The zero-order valence-electron chi connectivity index (χ0n) is 17.8. The van der Waals surface area contributed by atoms with Gasteiger partial charge in [-0.3, -0.25) is 9.78 Å². The smallest absolute Gasteiger partial charge is 0.294 e. The highest BCUT2D eigenvalue weighted by molar-refractivity contribution is 6.10. The van der Waals surface area contributed by atoms with E-state index >= 15 is 0 Å². The van der Waals surface area contributed by atoms with Crippen LogP contribution in [0.3, 0.4) is 0 Å². The highest BCUT2D eigenvalue weighted by Crippen LogP contribution is 2.36. The average molecular weight is 433 g/mol. The number of halogens is 3. The number of ketones is 1. The molecule has 3 aromatic carbocycles. The normalized spacial score (nSPS) is 11.7. The monoisotopic (exact) mass is 433 g/mol. The van der Waals surface area contributed by atoms with E-state index in [1.165, 1.54) is 12.1 Å². The number of aryl methyl sites for hydroxylation is 3. The molecule has 4 rings (SSSR count). The van der Waals surface area contributed by atoms with Crippen LogP contribution in [0.4, 0.5) is 13.2 Å². The third kappa shape index (κ3) is 4.28. The van der Waals surface area contributed by atoms with Crippen LogP contribution < -0.4 is 0 Å². The lowest BCUT2D eigenvalue weighted by molar-refractivity contribution is -0.137. The van der Waals surface area contributed by atoms with Crippen molar-refractivity contribution in [3.63, 3.8) is 0 Å². The van der Waals surface area contributed by atoms with Gasteiger partial charge in [0.2, 0.25) is 0 Å². The van der Waals surface area contributed by atoms with Gasteiger partial charge in [0.05, 0.1) is 11.1 Å². The van der Waals surface area contributed by atoms with Crippen LogP contribution in [-0.4, -0.2) is 10.8 Å². The summed E-state index contributed by atoms with van der Waals surface area (Å²) in [4.78, 5) is 17.2. The maximum absolute atomic E-state index is 12.8. The largest absolute Gasteiger partial charge is 0.416 e. The first kappa shape index (κ1) is 21.8. The van der Waals surface area contributed by atoms with Crippen LogP contribution in [0, 0.1) is 6.92 Å². The second kappa shape index (κ2) is 8.58. The first-order chi connectivity index (χ1) is 15.3. The first-order valence-corrected chi connectivity index (χ1v) is 10.4. The maximum atomic E-state index is 12.8. The Morgan fingerprint density at radius 3 is 2.22 bits per heavy atom. The Morgan fingerprint density at radius 1 is 0.875 bits per heavy atom. The van der Waals surface area contributed by atoms with Crippen LogP contribution in [0.1, 0.15) is 39.7 Å². The molecule has 0 aliphatic rings. The molecule has 0 saturated carbocycles. The zero-order chi connectivity index (χ0) is 22.9. The van der Waals surface area contributed by atoms with Gasteiger partial charge in [-0.2, -0.15) is 13.2 Å². The molecule has 2 nitrogen and oxygen atoms in total. The molecule has 162 valence electrons. The Labute approximate surface area is 184 Å². The Kier molecular flexibility index (Phi) is 5.83. The van der Waals surface area contributed by atoms with Crippen molar-refractivity contribution in [2.24, 2.45) is 0 Å². The van der Waals surface area contributed by atoms with Gasteiger partial charge in [-0.1, -0.05) is 54.6 Å². The number of carbonyl (C=O) groups is 1. The number of benzene rings is 3. The average Bonchev–Trinajstić information content (AvgIpc) is 2.76. The van der Waals surface area contributed by atoms with E-state index in [0.29, 0.717) is 24.1 Å². The van der Waals surface area contributed by atoms with Crippen molar-refractivity contribution in [1.82, 2.24) is 4.98 Å². The fourth-order valence-electron chi connectivity index (χ4n) is 4.17. The van der Waals surface area contributed by atoms with Crippen LogP contribution in [0.15, 0.2) is 72.8 Å². The number of para-hydroxylation sites is 1. The fraction of sp³-hybridized carbons (Fsp3) is 0.185. The topological polar surface area (TPSA) is 30.0 Å². The fourth-order valence-corrected chi connectivity index (χ4v) is 4.17. The molecule has 0 amide bonds. The minimum Gasteiger partial charge on any atom is -0.294 e. The number of carbonyl (C=O) groups excluding carboxylic acids is 1. The summed E-state index contributed by atoms with van der Waals surface area (Å²) in [5.41, 5.74) is 5.14. The molecule has 0 atom stereocenters. The molecule has 0 radical (unpaired) electrons. The van der Waals surface area contributed by atoms with Crippen molar-refractivity contribution in [2.45, 2.75) is 32.9 Å². The van der Waals surface area contributed by atoms with Gasteiger partial charge < -0.3 is 0 Å². The lowest BCUT2D eigenvalue weighted by Crippen LogP contribution is -2.06. The number of pyridine rings is 1. The van der Waals surface area contributed by atoms with Crippen molar-refractivity contribution in [1.29, 1.82) is 0 Å². The summed E-state index contributed by atoms with van der Waals surface area (Å²) in [5, 5.41) is 0.908. The summed E-state index contributed by atoms with van der Waals surface area (Å²) in [7, 11) is 0. The number of fused-ring (bicyclic) bond motifs is 1. The quantitative estimate of drug-likeness (QED) is 0.311. The molecule has 1 heterocycles. The predicted octanol–water partition coefficient (Wildman–Crippen LogP) is 7.22. The van der Waals surface area contributed by atoms with E-state index in [-0.39, 0.29) is 5.78 Å². The number of alkyl halides is 3. The van der Waals surface area contributed by atoms with Gasteiger partial charge in [0, 0.05) is 22.2 Å². The second-order valence-corrected chi connectivity index (χ2v) is 7.87. The van der Waals surface area contributed by atoms with Crippen molar-refractivity contribution < 1.29 is 18.0 Å². The molecular formula is C27H22F3NO. The molecule has 1 aromatic heterocycles. The summed E-state index contributed by atoms with van der Waals surface area (Å²) in [6.45, 7) is 3.39. The second-order valence-electron chi connectivity index (χ2n) is 7.87. The number of hydrogen-bond acceptors (Lipinski definition) is 2. The van der Waals surface area contributed by atoms with Crippen LogP contribution in [0.2, 0.25) is 0 Å². The maximum Gasteiger partial charge on any atom is 0.416 e. The lowest BCUT2D eigenvalue weighted by atomic mass is 9.88. The van der Waals surface area contributed by atoms with Gasteiger partial charge in [0.15, 0.2) is 5.78 Å². The van der Waals surface area contributed by atoms with Crippen molar-refractivity contribution >= 4 is 16.7 Å². The lowest BCUT2D eigenvalue weighted by Gasteiger charge is -2.17. The minimum atomic E-state index is -4.34. The first-order valence-electron chi connectivity index (χ1n) is 10.4. The molecule has 32 heavy (non-hydrogen) atoms. The third-order valence-electron chi connectivity index (χ3n) is 5.68. The standard InChI is InChI=1S/C27H22F3NO/c1-17-25(18(2)32)26(23-9-5-6-10-24(23)31-17)22-8-4-3-7-20(22)14-11-19-12-15-21(16-13-19)27(28,29)30/h3-10,12-13,15-16H,11,14H2,1-2H3. The predicted molar refractivity (Wildman–Crippen MR) is 121 cm³/mol. The van der Waals surface area contributed by atoms with E-state index in [2.05, 4.69) is 4.98 Å². The van der Waals surface area contributed by atoms with Crippen LogP contribution in [0.25, 0.3) is 22.0 Å². The summed E-state index contributed by atoms with van der Waals surface area (Å²) in [6, 6.07) is 20.9. The Hall–Kier alpha value is -3.47. The van der Waals surface area contributed by atoms with Gasteiger partial charge >= 0.3 is 6.18 Å². The van der Waals surface area contributed by atoms with Gasteiger partial charge in [0.1, 0.15) is 0 Å². The summed E-state index contributed by atoms with van der Waals surface area (Å²) >= 11 is 0. The molecule has 5 heteroatoms. The van der Waals surface area contributed by atoms with Crippen LogP contribution in [-0.2, 0) is 19.0 Å². The minimum absolute atomic E-state index is 0.0479. The molecule has 4 aromatic rings. The number of rotatable bonds is 5. The van der Waals surface area contributed by atoms with Gasteiger partial charge in [0.25, 0.3) is 0 Å². The zero-order valence-corrected chi connectivity index (χ0v) is 17.8. The number of hydrogen-bond donors (Lipinski definition) is 0. The van der Waals surface area contributed by atoms with E-state index in [9.17, 15) is 18.0 Å². The van der Waals surface area contributed by atoms with Crippen molar-refractivity contribution in [2.75, 3.05) is 0 Å². The van der Waals surface area contributed by atoms with E-state index in [1.807, 2.05) is 55.5 Å². The molecular weight excluding hydrogens is 411 g/mol. The molecule has 0 N–H and O–H groups in total.